The highest BCUT2D eigenvalue weighted by molar-refractivity contribution is 6.11. The Kier molecular flexibility index (Phi) is 6.27. The Labute approximate surface area is 293 Å². The van der Waals surface area contributed by atoms with Gasteiger partial charge in [0.1, 0.15) is 61.9 Å². The van der Waals surface area contributed by atoms with E-state index in [2.05, 4.69) is 19.9 Å². The minimum Gasteiger partial charge on any atom is -0.457 e. The smallest absolute Gasteiger partial charge is 0.163 e. The number of hydrogen-bond donors (Lipinski definition) is 2. The van der Waals surface area contributed by atoms with E-state index in [9.17, 15) is 0 Å². The number of nitrogens with two attached hydrogens (primary N) is 2. The number of anilines is 1. The van der Waals surface area contributed by atoms with Gasteiger partial charge in [0.2, 0.25) is 0 Å². The third-order valence-corrected chi connectivity index (χ3v) is 9.36. The maximum atomic E-state index is 6.83. The van der Waals surface area contributed by atoms with Crippen LogP contribution in [-0.2, 0) is 0 Å². The molecule has 10 rings (SSSR count). The monoisotopic (exact) mass is 681 g/mol. The number of hydrogen-bond acceptors (Lipinski definition) is 11. The van der Waals surface area contributed by atoms with Crippen molar-refractivity contribution < 1.29 is 8.83 Å². The molecule has 0 radical (unpaired) electrons. The SMILES string of the molecule is CC(=Nc1c(C)oc(/C(=C\N)c2ccnc3c2oc2ccc(-n4c5cccnc5c5ncccc54)nc23)c1N)n1c2cccnc2c2ncccc21. The molecule has 0 amide bonds. The second-order valence-corrected chi connectivity index (χ2v) is 12.3. The summed E-state index contributed by atoms with van der Waals surface area (Å²) < 4.78 is 16.8. The van der Waals surface area contributed by atoms with Crippen LogP contribution >= 0.6 is 0 Å². The van der Waals surface area contributed by atoms with Crippen LogP contribution in [0.4, 0.5) is 11.4 Å². The quantitative estimate of drug-likeness (QED) is 0.139. The Balaban J connectivity index is 1.09. The zero-order valence-corrected chi connectivity index (χ0v) is 27.8. The van der Waals surface area contributed by atoms with Gasteiger partial charge in [-0.2, -0.15) is 0 Å². The number of aromatic nitrogens is 8. The van der Waals surface area contributed by atoms with Crippen LogP contribution < -0.4 is 11.5 Å². The lowest BCUT2D eigenvalue weighted by Crippen LogP contribution is -2.07. The zero-order valence-electron chi connectivity index (χ0n) is 27.8. The molecule has 0 saturated carbocycles. The van der Waals surface area contributed by atoms with Crippen LogP contribution in [0.15, 0.2) is 118 Å². The molecule has 13 nitrogen and oxygen atoms in total. The highest BCUT2D eigenvalue weighted by Crippen LogP contribution is 2.42. The van der Waals surface area contributed by atoms with Crippen molar-refractivity contribution in [3.63, 3.8) is 0 Å². The van der Waals surface area contributed by atoms with Crippen LogP contribution in [-0.4, -0.2) is 44.9 Å². The van der Waals surface area contributed by atoms with Gasteiger partial charge in [-0.3, -0.25) is 34.1 Å². The van der Waals surface area contributed by atoms with Crippen LogP contribution in [0.1, 0.15) is 24.0 Å². The normalized spacial score (nSPS) is 12.8. The lowest BCUT2D eigenvalue weighted by atomic mass is 10.0. The first-order valence-corrected chi connectivity index (χ1v) is 16.5. The zero-order chi connectivity index (χ0) is 35.1. The lowest BCUT2D eigenvalue weighted by molar-refractivity contribution is 0.523. The lowest BCUT2D eigenvalue weighted by Gasteiger charge is -2.07. The molecular formula is C39H27N11O2. The van der Waals surface area contributed by atoms with Crippen molar-refractivity contribution in [2.24, 2.45) is 10.7 Å². The molecule has 13 heteroatoms. The number of aryl methyl sites for hydroxylation is 1. The average molecular weight is 682 g/mol. The summed E-state index contributed by atoms with van der Waals surface area (Å²) in [6.07, 6.45) is 10.2. The highest BCUT2D eigenvalue weighted by atomic mass is 16.3. The third-order valence-electron chi connectivity index (χ3n) is 9.36. The van der Waals surface area contributed by atoms with Crippen LogP contribution in [0.3, 0.4) is 0 Å². The predicted molar refractivity (Wildman–Crippen MR) is 202 cm³/mol. The van der Waals surface area contributed by atoms with Gasteiger partial charge in [0, 0.05) is 48.3 Å². The van der Waals surface area contributed by atoms with Crippen LogP contribution in [0.5, 0.6) is 0 Å². The van der Waals surface area contributed by atoms with Gasteiger partial charge in [0.25, 0.3) is 0 Å². The standard InChI is InChI=1S/C39H27N11O2/c1-20-31(47-21(2)49-24-7-3-14-42-32(24)33-25(49)8-4-15-43-33)30(41)38(51-20)23(19-40)22-13-18-46-37-36-28(52-39(22)37)11-12-29(48-36)50-26-9-5-16-44-34(26)35-27(50)10-6-17-45-35/h3-19H,40-41H2,1-2H3/b23-19-,47-21?. The Morgan fingerprint density at radius 2 is 1.27 bits per heavy atom. The van der Waals surface area contributed by atoms with Crippen molar-refractivity contribution in [1.29, 1.82) is 0 Å². The molecule has 52 heavy (non-hydrogen) atoms. The highest BCUT2D eigenvalue weighted by Gasteiger charge is 2.25. The largest absolute Gasteiger partial charge is 0.457 e. The molecule has 0 aromatic carbocycles. The summed E-state index contributed by atoms with van der Waals surface area (Å²) in [6.45, 7) is 3.74. The molecule has 0 unspecified atom stereocenters. The molecule has 10 aromatic heterocycles. The Bertz CT molecular complexity index is 3040. The number of nitrogen functional groups attached to an aromatic ring is 1. The summed E-state index contributed by atoms with van der Waals surface area (Å²) in [5.74, 6) is 2.24. The third kappa shape index (κ3) is 4.13. The fraction of sp³-hybridized carbons (Fsp3) is 0.0513. The van der Waals surface area contributed by atoms with Crippen LogP contribution in [0.25, 0.3) is 77.7 Å². The minimum absolute atomic E-state index is 0.334. The van der Waals surface area contributed by atoms with Crippen LogP contribution in [0, 0.1) is 6.92 Å². The molecule has 10 heterocycles. The Morgan fingerprint density at radius 3 is 1.88 bits per heavy atom. The maximum Gasteiger partial charge on any atom is 0.163 e. The number of furan rings is 2. The van der Waals surface area contributed by atoms with E-state index < -0.39 is 0 Å². The molecule has 0 bridgehead atoms. The topological polar surface area (TPSA) is 178 Å². The number of nitrogens with zero attached hydrogens (tertiary/aromatic N) is 9. The molecule has 0 atom stereocenters. The summed E-state index contributed by atoms with van der Waals surface area (Å²) >= 11 is 0. The molecule has 10 aromatic rings. The molecule has 250 valence electrons. The van der Waals surface area contributed by atoms with Crippen molar-refractivity contribution in [3.05, 3.63) is 121 Å². The molecule has 0 saturated heterocycles. The Hall–Kier alpha value is -7.41. The van der Waals surface area contributed by atoms with Gasteiger partial charge in [0.15, 0.2) is 16.9 Å². The maximum absolute atomic E-state index is 6.83. The molecule has 0 spiro atoms. The first-order chi connectivity index (χ1) is 25.5. The second-order valence-electron chi connectivity index (χ2n) is 12.3. The van der Waals surface area contributed by atoms with E-state index in [-0.39, 0.29) is 0 Å². The molecular weight excluding hydrogens is 655 g/mol. The van der Waals surface area contributed by atoms with Gasteiger partial charge in [-0.05, 0) is 80.6 Å². The van der Waals surface area contributed by atoms with Crippen molar-refractivity contribution in [1.82, 2.24) is 39.0 Å². The summed E-state index contributed by atoms with van der Waals surface area (Å²) in [6, 6.07) is 21.2. The fourth-order valence-corrected chi connectivity index (χ4v) is 7.14. The fourth-order valence-electron chi connectivity index (χ4n) is 7.14. The van der Waals surface area contributed by atoms with Crippen LogP contribution in [0.2, 0.25) is 0 Å². The number of aliphatic imine (C=N–C) groups is 1. The van der Waals surface area contributed by atoms with E-state index in [1.807, 2.05) is 89.7 Å². The van der Waals surface area contributed by atoms with E-state index in [1.165, 1.54) is 6.20 Å². The molecule has 0 aliphatic heterocycles. The second kappa shape index (κ2) is 11.1. The molecule has 4 N–H and O–H groups in total. The van der Waals surface area contributed by atoms with Crippen molar-refractivity contribution in [3.8, 4) is 5.82 Å². The first-order valence-electron chi connectivity index (χ1n) is 16.5. The van der Waals surface area contributed by atoms with E-state index >= 15 is 0 Å². The number of fused-ring (bicyclic) bond motifs is 9. The number of pyridine rings is 6. The van der Waals surface area contributed by atoms with Gasteiger partial charge in [-0.15, -0.1) is 0 Å². The molecule has 0 aliphatic rings. The van der Waals surface area contributed by atoms with E-state index in [1.54, 1.807) is 31.0 Å². The van der Waals surface area contributed by atoms with Gasteiger partial charge in [0.05, 0.1) is 22.1 Å². The first kappa shape index (κ1) is 29.5. The van der Waals surface area contributed by atoms with Gasteiger partial charge in [-0.25, -0.2) is 9.98 Å². The van der Waals surface area contributed by atoms with Crippen molar-refractivity contribution in [2.45, 2.75) is 13.8 Å². The number of rotatable bonds is 4. The van der Waals surface area contributed by atoms with Gasteiger partial charge < -0.3 is 20.3 Å². The van der Waals surface area contributed by atoms with Crippen molar-refractivity contribution >= 4 is 89.1 Å². The summed E-state index contributed by atoms with van der Waals surface area (Å²) in [5.41, 5.74) is 24.1. The molecule has 0 fully saturated rings. The summed E-state index contributed by atoms with van der Waals surface area (Å²) in [7, 11) is 0. The molecule has 0 aliphatic carbocycles. The van der Waals surface area contributed by atoms with E-state index in [4.69, 9.17) is 35.3 Å². The van der Waals surface area contributed by atoms with Gasteiger partial charge >= 0.3 is 0 Å². The summed E-state index contributed by atoms with van der Waals surface area (Å²) in [4.78, 5) is 33.1. The predicted octanol–water partition coefficient (Wildman–Crippen LogP) is 7.59. The Morgan fingerprint density at radius 1 is 0.692 bits per heavy atom. The van der Waals surface area contributed by atoms with E-state index in [0.717, 1.165) is 44.1 Å². The van der Waals surface area contributed by atoms with Crippen molar-refractivity contribution in [2.75, 3.05) is 5.73 Å². The summed E-state index contributed by atoms with van der Waals surface area (Å²) in [5, 5.41) is 0. The van der Waals surface area contributed by atoms with Gasteiger partial charge in [-0.1, -0.05) is 0 Å². The minimum atomic E-state index is 0.334. The average Bonchev–Trinajstić information content (AvgIpc) is 3.90. The van der Waals surface area contributed by atoms with E-state index in [0.29, 0.717) is 67.9 Å².